The van der Waals surface area contributed by atoms with Crippen molar-refractivity contribution in [2.75, 3.05) is 0 Å². The number of hydrogen-bond donors (Lipinski definition) is 1. The molecule has 0 spiro atoms. The van der Waals surface area contributed by atoms with E-state index in [1.54, 1.807) is 0 Å². The van der Waals surface area contributed by atoms with E-state index < -0.39 is 0 Å². The topological polar surface area (TPSA) is 20.2 Å². The van der Waals surface area contributed by atoms with E-state index in [1.807, 2.05) is 0 Å². The molecule has 0 amide bonds. The Kier molecular flexibility index (Phi) is 1.90. The fraction of sp³-hybridized carbons (Fsp3) is 1.00. The largest absolute Gasteiger partial charge is 0.393 e. The zero-order chi connectivity index (χ0) is 5.98. The van der Waals surface area contributed by atoms with Crippen LogP contribution in [0.2, 0.25) is 0 Å². The first-order valence-electron chi connectivity index (χ1n) is 3.52. The van der Waals surface area contributed by atoms with Crippen LogP contribution in [0.1, 0.15) is 32.6 Å². The molecule has 1 nitrogen and oxygen atoms in total. The summed E-state index contributed by atoms with van der Waals surface area (Å²) in [6.07, 6.45) is 4.95. The van der Waals surface area contributed by atoms with Gasteiger partial charge < -0.3 is 5.11 Å². The molecule has 0 bridgehead atoms. The zero-order valence-corrected chi connectivity index (χ0v) is 5.43. The first-order chi connectivity index (χ1) is 3.84. The molecule has 0 radical (unpaired) electrons. The Morgan fingerprint density at radius 1 is 1.62 bits per heavy atom. The Labute approximate surface area is 50.7 Å². The third-order valence-electron chi connectivity index (χ3n) is 1.81. The lowest BCUT2D eigenvalue weighted by atomic mass is 10.2. The zero-order valence-electron chi connectivity index (χ0n) is 5.43. The average molecular weight is 114 g/mol. The second-order valence-electron chi connectivity index (χ2n) is 2.71. The summed E-state index contributed by atoms with van der Waals surface area (Å²) < 4.78 is 0. The molecule has 1 rings (SSSR count). The van der Waals surface area contributed by atoms with Crippen molar-refractivity contribution in [2.45, 2.75) is 38.7 Å². The minimum Gasteiger partial charge on any atom is -0.393 e. The fourth-order valence-electron chi connectivity index (χ4n) is 1.01. The molecule has 1 aliphatic carbocycles. The van der Waals surface area contributed by atoms with Crippen LogP contribution in [0.3, 0.4) is 0 Å². The molecule has 1 heteroatoms. The highest BCUT2D eigenvalue weighted by Gasteiger charge is 2.33. The minimum atomic E-state index is 0.0709. The van der Waals surface area contributed by atoms with Crippen molar-refractivity contribution >= 4 is 0 Å². The van der Waals surface area contributed by atoms with Crippen molar-refractivity contribution in [2.24, 2.45) is 5.92 Å². The van der Waals surface area contributed by atoms with Crippen LogP contribution < -0.4 is 0 Å². The number of unbranched alkanes of at least 4 members (excludes halogenated alkanes) is 1. The summed E-state index contributed by atoms with van der Waals surface area (Å²) in [5, 5.41) is 8.85. The lowest BCUT2D eigenvalue weighted by molar-refractivity contribution is 0.256. The van der Waals surface area contributed by atoms with E-state index >= 15 is 0 Å². The van der Waals surface area contributed by atoms with Gasteiger partial charge in [-0.2, -0.15) is 0 Å². The number of aliphatic hydroxyl groups is 1. The molecule has 0 aromatic rings. The molecule has 48 valence electrons. The molecule has 0 aromatic heterocycles. The monoisotopic (exact) mass is 114 g/mol. The van der Waals surface area contributed by atoms with Gasteiger partial charge in [-0.05, 0) is 18.8 Å². The maximum atomic E-state index is 8.85. The van der Waals surface area contributed by atoms with Crippen molar-refractivity contribution in [1.82, 2.24) is 0 Å². The SMILES string of the molecule is CCCC[C@H]1C[C@@H]1O. The first-order valence-corrected chi connectivity index (χ1v) is 3.52. The van der Waals surface area contributed by atoms with Crippen molar-refractivity contribution in [3.05, 3.63) is 0 Å². The average Bonchev–Trinajstić information content (AvgIpc) is 2.42. The van der Waals surface area contributed by atoms with Gasteiger partial charge in [0.25, 0.3) is 0 Å². The van der Waals surface area contributed by atoms with E-state index in [0.717, 1.165) is 6.42 Å². The molecule has 0 aliphatic heterocycles. The highest BCUT2D eigenvalue weighted by molar-refractivity contribution is 4.84. The van der Waals surface area contributed by atoms with E-state index in [9.17, 15) is 0 Å². The summed E-state index contributed by atoms with van der Waals surface area (Å²) in [4.78, 5) is 0. The minimum absolute atomic E-state index is 0.0709. The standard InChI is InChI=1S/C7H14O/c1-2-3-4-6-5-7(6)8/h6-8H,2-5H2,1H3/t6-,7-/m0/s1. The predicted octanol–water partition coefficient (Wildman–Crippen LogP) is 1.56. The first kappa shape index (κ1) is 6.09. The van der Waals surface area contributed by atoms with Crippen molar-refractivity contribution in [3.63, 3.8) is 0 Å². The molecule has 0 unspecified atom stereocenters. The second-order valence-corrected chi connectivity index (χ2v) is 2.71. The predicted molar refractivity (Wildman–Crippen MR) is 33.6 cm³/mol. The normalized spacial score (nSPS) is 35.2. The summed E-state index contributed by atoms with van der Waals surface area (Å²) in [5.41, 5.74) is 0. The maximum absolute atomic E-state index is 8.85. The third-order valence-corrected chi connectivity index (χ3v) is 1.81. The summed E-state index contributed by atoms with van der Waals surface area (Å²) in [5.74, 6) is 0.676. The van der Waals surface area contributed by atoms with Crippen LogP contribution in [0.5, 0.6) is 0 Å². The highest BCUT2D eigenvalue weighted by Crippen LogP contribution is 2.34. The van der Waals surface area contributed by atoms with Gasteiger partial charge in [0.1, 0.15) is 0 Å². The second kappa shape index (κ2) is 2.49. The van der Waals surface area contributed by atoms with E-state index in [4.69, 9.17) is 5.11 Å². The Morgan fingerprint density at radius 2 is 2.25 bits per heavy atom. The van der Waals surface area contributed by atoms with Gasteiger partial charge in [-0.25, -0.2) is 0 Å². The van der Waals surface area contributed by atoms with Gasteiger partial charge in [0.2, 0.25) is 0 Å². The van der Waals surface area contributed by atoms with Crippen LogP contribution in [0.15, 0.2) is 0 Å². The van der Waals surface area contributed by atoms with Crippen LogP contribution >= 0.6 is 0 Å². The van der Waals surface area contributed by atoms with Crippen LogP contribution in [0.4, 0.5) is 0 Å². The quantitative estimate of drug-likeness (QED) is 0.590. The van der Waals surface area contributed by atoms with Crippen molar-refractivity contribution in [1.29, 1.82) is 0 Å². The van der Waals surface area contributed by atoms with Crippen LogP contribution in [0, 0.1) is 5.92 Å². The summed E-state index contributed by atoms with van der Waals surface area (Å²) >= 11 is 0. The fourth-order valence-corrected chi connectivity index (χ4v) is 1.01. The van der Waals surface area contributed by atoms with Crippen LogP contribution in [-0.2, 0) is 0 Å². The molecular formula is C7H14O. The molecule has 1 N–H and O–H groups in total. The highest BCUT2D eigenvalue weighted by atomic mass is 16.3. The molecule has 8 heavy (non-hydrogen) atoms. The Balaban J connectivity index is 1.89. The van der Waals surface area contributed by atoms with Crippen LogP contribution in [0.25, 0.3) is 0 Å². The van der Waals surface area contributed by atoms with Crippen molar-refractivity contribution in [3.8, 4) is 0 Å². The van der Waals surface area contributed by atoms with E-state index in [0.29, 0.717) is 5.92 Å². The molecule has 1 saturated carbocycles. The smallest absolute Gasteiger partial charge is 0.0573 e. The maximum Gasteiger partial charge on any atom is 0.0573 e. The van der Waals surface area contributed by atoms with E-state index in [1.165, 1.54) is 19.3 Å². The van der Waals surface area contributed by atoms with E-state index in [2.05, 4.69) is 6.92 Å². The van der Waals surface area contributed by atoms with Crippen molar-refractivity contribution < 1.29 is 5.11 Å². The molecule has 0 heterocycles. The number of hydrogen-bond acceptors (Lipinski definition) is 1. The number of aliphatic hydroxyl groups excluding tert-OH is 1. The summed E-state index contributed by atoms with van der Waals surface area (Å²) in [7, 11) is 0. The van der Waals surface area contributed by atoms with E-state index in [-0.39, 0.29) is 6.10 Å². The lowest BCUT2D eigenvalue weighted by Crippen LogP contribution is -1.84. The Hall–Kier alpha value is -0.0400. The van der Waals surface area contributed by atoms with Crippen LogP contribution in [-0.4, -0.2) is 11.2 Å². The summed E-state index contributed by atoms with van der Waals surface area (Å²) in [6.45, 7) is 2.19. The molecule has 1 fully saturated rings. The van der Waals surface area contributed by atoms with Gasteiger partial charge >= 0.3 is 0 Å². The molecule has 0 saturated heterocycles. The summed E-state index contributed by atoms with van der Waals surface area (Å²) in [6, 6.07) is 0. The van der Waals surface area contributed by atoms with Gasteiger partial charge in [-0.3, -0.25) is 0 Å². The molecule has 1 aliphatic rings. The van der Waals surface area contributed by atoms with Gasteiger partial charge in [-0.1, -0.05) is 19.8 Å². The molecule has 0 aromatic carbocycles. The van der Waals surface area contributed by atoms with Gasteiger partial charge in [-0.15, -0.1) is 0 Å². The number of rotatable bonds is 3. The molecular weight excluding hydrogens is 100 g/mol. The molecule has 2 atom stereocenters. The Bertz CT molecular complexity index is 70.8. The third kappa shape index (κ3) is 1.48. The van der Waals surface area contributed by atoms with Gasteiger partial charge in [0.15, 0.2) is 0 Å². The van der Waals surface area contributed by atoms with Gasteiger partial charge in [0, 0.05) is 0 Å². The Morgan fingerprint density at radius 3 is 2.62 bits per heavy atom. The lowest BCUT2D eigenvalue weighted by Gasteiger charge is -1.90. The van der Waals surface area contributed by atoms with Gasteiger partial charge in [0.05, 0.1) is 6.10 Å².